The van der Waals surface area contributed by atoms with Gasteiger partial charge in [0, 0.05) is 92.2 Å². The number of hydrogen-bond donors (Lipinski definition) is 1. The minimum absolute atomic E-state index is 0.0370. The summed E-state index contributed by atoms with van der Waals surface area (Å²) in [7, 11) is 0. The normalized spacial score (nSPS) is 24.0. The van der Waals surface area contributed by atoms with Gasteiger partial charge in [-0.3, -0.25) is 39.1 Å². The molecule has 0 bridgehead atoms. The van der Waals surface area contributed by atoms with Crippen molar-refractivity contribution in [3.05, 3.63) is 98.9 Å². The number of likely N-dealkylation sites (tertiary alicyclic amines) is 1. The molecule has 4 saturated heterocycles. The molecule has 4 fully saturated rings. The molecule has 3 aromatic carbocycles. The van der Waals surface area contributed by atoms with Crippen LogP contribution in [0.25, 0.3) is 4.85 Å². The second-order valence-electron chi connectivity index (χ2n) is 17.2. The Balaban J connectivity index is 0.765. The predicted molar refractivity (Wildman–Crippen MR) is 211 cm³/mol. The fraction of sp³-hybridized carbons (Fsp3) is 0.442. The molecule has 0 saturated carbocycles. The van der Waals surface area contributed by atoms with Crippen molar-refractivity contribution in [3.63, 3.8) is 0 Å². The summed E-state index contributed by atoms with van der Waals surface area (Å²) in [6, 6.07) is 16.8. The molecule has 6 aliphatic rings. The van der Waals surface area contributed by atoms with E-state index in [-0.39, 0.29) is 29.6 Å². The number of piperidine rings is 2. The zero-order chi connectivity index (χ0) is 39.1. The molecule has 9 rings (SSSR count). The van der Waals surface area contributed by atoms with E-state index in [1.54, 1.807) is 12.1 Å². The molecule has 1 N–H and O–H groups in total. The zero-order valence-electron chi connectivity index (χ0n) is 31.6. The molecule has 1 spiro atoms. The number of rotatable bonds is 6. The van der Waals surface area contributed by atoms with Gasteiger partial charge in [0.1, 0.15) is 6.04 Å². The molecule has 1 unspecified atom stereocenters. The average Bonchev–Trinajstić information content (AvgIpc) is 3.79. The van der Waals surface area contributed by atoms with Crippen molar-refractivity contribution in [3.8, 4) is 0 Å². The first kappa shape index (κ1) is 36.4. The summed E-state index contributed by atoms with van der Waals surface area (Å²) in [4.78, 5) is 77.9. The molecule has 5 amide bonds. The lowest BCUT2D eigenvalue weighted by Gasteiger charge is -2.49. The maximum absolute atomic E-state index is 13.5. The molecule has 288 valence electrons. The van der Waals surface area contributed by atoms with Crippen molar-refractivity contribution in [2.24, 2.45) is 10.8 Å². The Morgan fingerprint density at radius 1 is 0.911 bits per heavy atom. The molecule has 13 heteroatoms. The molecule has 12 nitrogen and oxygen atoms in total. The highest BCUT2D eigenvalue weighted by Crippen LogP contribution is 2.46. The average molecular weight is 774 g/mol. The third-order valence-corrected chi connectivity index (χ3v) is 13.3. The topological polar surface area (TPSA) is 118 Å². The maximum Gasteiger partial charge on any atom is 0.262 e. The lowest BCUT2D eigenvalue weighted by Crippen LogP contribution is -2.60. The van der Waals surface area contributed by atoms with E-state index in [0.29, 0.717) is 59.6 Å². The van der Waals surface area contributed by atoms with Crippen LogP contribution in [0.2, 0.25) is 5.02 Å². The highest BCUT2D eigenvalue weighted by molar-refractivity contribution is 6.33. The summed E-state index contributed by atoms with van der Waals surface area (Å²) < 4.78 is 0. The van der Waals surface area contributed by atoms with Crippen molar-refractivity contribution in [2.75, 3.05) is 49.1 Å². The van der Waals surface area contributed by atoms with Crippen molar-refractivity contribution < 1.29 is 24.0 Å². The van der Waals surface area contributed by atoms with Gasteiger partial charge in [0.25, 0.3) is 17.7 Å². The first-order chi connectivity index (χ1) is 26.8. The number of nitrogens with zero attached hydrogens (tertiary/aromatic N) is 6. The van der Waals surface area contributed by atoms with Crippen LogP contribution in [-0.4, -0.2) is 95.6 Å². The van der Waals surface area contributed by atoms with E-state index in [9.17, 15) is 24.0 Å². The number of anilines is 2. The van der Waals surface area contributed by atoms with Crippen LogP contribution < -0.4 is 15.1 Å². The van der Waals surface area contributed by atoms with Crippen LogP contribution in [0.3, 0.4) is 0 Å². The van der Waals surface area contributed by atoms with E-state index >= 15 is 0 Å². The van der Waals surface area contributed by atoms with Gasteiger partial charge in [-0.2, -0.15) is 0 Å². The third-order valence-electron chi connectivity index (χ3n) is 13.0. The van der Waals surface area contributed by atoms with Gasteiger partial charge in [-0.15, -0.1) is 0 Å². The first-order valence-corrected chi connectivity index (χ1v) is 19.9. The van der Waals surface area contributed by atoms with Crippen LogP contribution >= 0.6 is 11.6 Å². The zero-order valence-corrected chi connectivity index (χ0v) is 32.4. The summed E-state index contributed by atoms with van der Waals surface area (Å²) in [6.45, 7) is 18.0. The Hall–Kier alpha value is -5.25. The van der Waals surface area contributed by atoms with Crippen LogP contribution in [0.5, 0.6) is 0 Å². The van der Waals surface area contributed by atoms with Gasteiger partial charge in [0.15, 0.2) is 0 Å². The Labute approximate surface area is 331 Å². The summed E-state index contributed by atoms with van der Waals surface area (Å²) in [5, 5.41) is 2.75. The molecule has 3 aromatic rings. The lowest BCUT2D eigenvalue weighted by molar-refractivity contribution is -0.136. The number of nitrogens with one attached hydrogen (secondary N) is 1. The first-order valence-electron chi connectivity index (χ1n) is 19.5. The number of hydrogen-bond acceptors (Lipinski definition) is 8. The quantitative estimate of drug-likeness (QED) is 0.252. The van der Waals surface area contributed by atoms with E-state index in [1.165, 1.54) is 0 Å². The monoisotopic (exact) mass is 773 g/mol. The van der Waals surface area contributed by atoms with Gasteiger partial charge in [0.05, 0.1) is 17.7 Å². The van der Waals surface area contributed by atoms with Crippen LogP contribution in [0.4, 0.5) is 17.1 Å². The second kappa shape index (κ2) is 13.5. The smallest absolute Gasteiger partial charge is 0.262 e. The molecule has 0 radical (unpaired) electrons. The molecule has 56 heavy (non-hydrogen) atoms. The van der Waals surface area contributed by atoms with Crippen LogP contribution in [-0.2, 0) is 22.7 Å². The number of imide groups is 2. The third kappa shape index (κ3) is 6.21. The van der Waals surface area contributed by atoms with Crippen LogP contribution in [0.15, 0.2) is 54.6 Å². The van der Waals surface area contributed by atoms with Crippen molar-refractivity contribution >= 4 is 58.2 Å². The minimum Gasteiger partial charge on any atom is -0.371 e. The highest BCUT2D eigenvalue weighted by atomic mass is 35.5. The van der Waals surface area contributed by atoms with Crippen LogP contribution in [0, 0.1) is 17.4 Å². The number of carbonyl (C=O) groups is 5. The summed E-state index contributed by atoms with van der Waals surface area (Å²) in [5.41, 5.74) is 6.17. The SMILES string of the molecule is [C-]#[N+]c1ccc(N2CC3(CCN(c4ccc(C(=O)N5CC(C)(CN6Cc7cc8c(cc7C6)C(=O)N(C6CCC(=O)NC6=O)C8=O)C5)cc4)CC3)C[C@@H]2C)cc1Cl. The molecular formula is C43H44ClN7O5. The summed E-state index contributed by atoms with van der Waals surface area (Å²) in [5.74, 6) is -1.95. The van der Waals surface area contributed by atoms with Crippen molar-refractivity contribution in [1.29, 1.82) is 0 Å². The largest absolute Gasteiger partial charge is 0.371 e. The molecule has 0 aromatic heterocycles. The van der Waals surface area contributed by atoms with E-state index in [1.807, 2.05) is 35.2 Å². The van der Waals surface area contributed by atoms with Gasteiger partial charge in [-0.05, 0) is 97.7 Å². The Bertz CT molecular complexity index is 2190. The van der Waals surface area contributed by atoms with E-state index < -0.39 is 29.7 Å². The second-order valence-corrected chi connectivity index (χ2v) is 17.6. The number of benzene rings is 3. The number of amides is 5. The Morgan fingerprint density at radius 2 is 1.55 bits per heavy atom. The predicted octanol–water partition coefficient (Wildman–Crippen LogP) is 5.66. The minimum atomic E-state index is -0.977. The molecule has 6 aliphatic heterocycles. The summed E-state index contributed by atoms with van der Waals surface area (Å²) in [6.07, 6.45) is 3.54. The maximum atomic E-state index is 13.5. The highest BCUT2D eigenvalue weighted by Gasteiger charge is 2.47. The Morgan fingerprint density at radius 3 is 2.16 bits per heavy atom. The molecular weight excluding hydrogens is 730 g/mol. The summed E-state index contributed by atoms with van der Waals surface area (Å²) >= 11 is 6.38. The standard InChI is InChI=1S/C43H44ClN7O5/c1-26-19-43(25-50(26)31-8-9-35(45-3)34(44)18-31)12-14-48(15-13-43)30-6-4-27(5-7-30)39(54)49-23-42(2,24-49)22-47-20-28-16-32-33(17-29(28)21-47)41(56)51(40(32)55)36-10-11-37(52)46-38(36)53/h4-9,16-18,26,36H,10-15,19-25H2,1-2H3,(H,46,52,53)/t26-,36?/m0/s1. The van der Waals surface area contributed by atoms with Gasteiger partial charge >= 0.3 is 0 Å². The number of halogens is 1. The van der Waals surface area contributed by atoms with E-state index in [2.05, 4.69) is 50.8 Å². The van der Waals surface area contributed by atoms with Gasteiger partial charge in [-0.1, -0.05) is 24.6 Å². The fourth-order valence-electron chi connectivity index (χ4n) is 10.2. The lowest BCUT2D eigenvalue weighted by atomic mass is 9.76. The molecule has 6 heterocycles. The fourth-order valence-corrected chi connectivity index (χ4v) is 10.5. The van der Waals surface area contributed by atoms with Gasteiger partial charge in [-0.25, -0.2) is 4.85 Å². The molecule has 0 aliphatic carbocycles. The van der Waals surface area contributed by atoms with E-state index in [4.69, 9.17) is 18.2 Å². The van der Waals surface area contributed by atoms with Crippen molar-refractivity contribution in [1.82, 2.24) is 20.0 Å². The van der Waals surface area contributed by atoms with Gasteiger partial charge < -0.3 is 14.7 Å². The van der Waals surface area contributed by atoms with Crippen LogP contribution in [0.1, 0.15) is 88.2 Å². The van der Waals surface area contributed by atoms with Gasteiger partial charge in [0.2, 0.25) is 17.5 Å². The number of fused-ring (bicyclic) bond motifs is 2. The van der Waals surface area contributed by atoms with E-state index in [0.717, 1.165) is 72.8 Å². The number of carbonyl (C=O) groups excluding carboxylic acids is 5. The molecule has 2 atom stereocenters. The Kier molecular flexibility index (Phi) is 8.74. The van der Waals surface area contributed by atoms with Crippen molar-refractivity contribution in [2.45, 2.75) is 71.1 Å².